The van der Waals surface area contributed by atoms with E-state index in [4.69, 9.17) is 5.73 Å². The van der Waals surface area contributed by atoms with Gasteiger partial charge in [-0.2, -0.15) is 0 Å². The first kappa shape index (κ1) is 14.0. The van der Waals surface area contributed by atoms with Crippen LogP contribution in [0.4, 0.5) is 5.13 Å². The van der Waals surface area contributed by atoms with Crippen LogP contribution in [0, 0.1) is 0 Å². The van der Waals surface area contributed by atoms with Crippen LogP contribution in [-0.4, -0.2) is 21.1 Å². The third kappa shape index (κ3) is 3.79. The quantitative estimate of drug-likeness (QED) is 0.851. The first-order valence-electron chi connectivity index (χ1n) is 6.01. The Kier molecular flexibility index (Phi) is 4.94. The van der Waals surface area contributed by atoms with E-state index in [0.717, 1.165) is 29.3 Å². The van der Waals surface area contributed by atoms with Gasteiger partial charge >= 0.3 is 0 Å². The summed E-state index contributed by atoms with van der Waals surface area (Å²) < 4.78 is 0. The first-order valence-corrected chi connectivity index (χ1v) is 7.70. The number of thiazole rings is 1. The van der Waals surface area contributed by atoms with Crippen LogP contribution in [0.1, 0.15) is 40.3 Å². The highest BCUT2D eigenvalue weighted by Crippen LogP contribution is 2.18. The predicted molar refractivity (Wildman–Crippen MR) is 76.5 cm³/mol. The molecule has 3 N–H and O–H groups in total. The van der Waals surface area contributed by atoms with E-state index < -0.39 is 0 Å². The van der Waals surface area contributed by atoms with Gasteiger partial charge in [-0.05, 0) is 6.42 Å². The summed E-state index contributed by atoms with van der Waals surface area (Å²) in [5, 5.41) is 14.6. The molecule has 0 aromatic carbocycles. The molecule has 19 heavy (non-hydrogen) atoms. The highest BCUT2D eigenvalue weighted by atomic mass is 32.1. The maximum Gasteiger partial charge on any atom is 0.276 e. The van der Waals surface area contributed by atoms with Crippen LogP contribution in [0.15, 0.2) is 5.38 Å². The van der Waals surface area contributed by atoms with Crippen molar-refractivity contribution in [3.05, 3.63) is 21.1 Å². The summed E-state index contributed by atoms with van der Waals surface area (Å²) in [4.78, 5) is 16.0. The molecule has 0 aliphatic carbocycles. The number of nitrogens with zero attached hydrogens (tertiary/aromatic N) is 3. The fourth-order valence-corrected chi connectivity index (χ4v) is 2.83. The van der Waals surface area contributed by atoms with Crippen molar-refractivity contribution in [3.8, 4) is 0 Å². The molecule has 0 atom stereocenters. The van der Waals surface area contributed by atoms with Crippen LogP contribution in [0.5, 0.6) is 0 Å². The monoisotopic (exact) mass is 297 g/mol. The van der Waals surface area contributed by atoms with Crippen molar-refractivity contribution in [1.82, 2.24) is 15.2 Å². The van der Waals surface area contributed by atoms with Crippen molar-refractivity contribution in [3.63, 3.8) is 0 Å². The van der Waals surface area contributed by atoms with Crippen LogP contribution in [0.3, 0.4) is 0 Å². The lowest BCUT2D eigenvalue weighted by atomic mass is 10.3. The second-order valence-corrected chi connectivity index (χ2v) is 5.89. The number of rotatable bonds is 6. The van der Waals surface area contributed by atoms with E-state index in [9.17, 15) is 4.79 Å². The van der Waals surface area contributed by atoms with E-state index in [0.29, 0.717) is 17.4 Å². The molecule has 0 aliphatic rings. The number of unbranched alkanes of at least 4 members (excludes halogenated alkanes) is 1. The van der Waals surface area contributed by atoms with Gasteiger partial charge in [-0.1, -0.05) is 24.7 Å². The van der Waals surface area contributed by atoms with Crippen LogP contribution >= 0.6 is 22.7 Å². The van der Waals surface area contributed by atoms with Gasteiger partial charge in [0.15, 0.2) is 0 Å². The number of anilines is 1. The number of carbonyl (C=O) groups excluding carboxylic acids is 1. The van der Waals surface area contributed by atoms with E-state index in [1.165, 1.54) is 22.7 Å². The van der Waals surface area contributed by atoms with Crippen molar-refractivity contribution < 1.29 is 4.79 Å². The topological polar surface area (TPSA) is 93.8 Å². The van der Waals surface area contributed by atoms with Crippen molar-refractivity contribution in [2.24, 2.45) is 5.73 Å². The van der Waals surface area contributed by atoms with Gasteiger partial charge in [-0.15, -0.1) is 21.5 Å². The smallest absolute Gasteiger partial charge is 0.276 e. The second-order valence-electron chi connectivity index (χ2n) is 3.89. The summed E-state index contributed by atoms with van der Waals surface area (Å²) in [7, 11) is 0. The number of aryl methyl sites for hydroxylation is 1. The highest BCUT2D eigenvalue weighted by molar-refractivity contribution is 7.15. The van der Waals surface area contributed by atoms with Gasteiger partial charge in [0.05, 0.1) is 0 Å². The second kappa shape index (κ2) is 6.69. The Balaban J connectivity index is 1.96. The minimum Gasteiger partial charge on any atom is -0.325 e. The molecule has 2 rings (SSSR count). The minimum absolute atomic E-state index is 0.269. The molecule has 0 aliphatic heterocycles. The molecule has 6 nitrogen and oxygen atoms in total. The zero-order valence-corrected chi connectivity index (χ0v) is 12.2. The lowest BCUT2D eigenvalue weighted by Crippen LogP contribution is -2.12. The zero-order valence-electron chi connectivity index (χ0n) is 10.5. The molecule has 0 radical (unpaired) electrons. The van der Waals surface area contributed by atoms with Gasteiger partial charge < -0.3 is 5.73 Å². The molecule has 0 spiro atoms. The highest BCUT2D eigenvalue weighted by Gasteiger charge is 2.13. The summed E-state index contributed by atoms with van der Waals surface area (Å²) in [6, 6.07) is 0. The van der Waals surface area contributed by atoms with Crippen LogP contribution in [-0.2, 0) is 13.0 Å². The number of nitrogens with two attached hydrogens (primary N) is 1. The minimum atomic E-state index is -0.269. The van der Waals surface area contributed by atoms with Gasteiger partial charge in [0.25, 0.3) is 5.91 Å². The molecule has 0 fully saturated rings. The van der Waals surface area contributed by atoms with Crippen molar-refractivity contribution in [2.75, 3.05) is 5.32 Å². The molecule has 0 bridgehead atoms. The van der Waals surface area contributed by atoms with Gasteiger partial charge in [0, 0.05) is 18.3 Å². The Morgan fingerprint density at radius 2 is 2.26 bits per heavy atom. The number of amides is 1. The summed E-state index contributed by atoms with van der Waals surface area (Å²) in [6.07, 6.45) is 3.09. The third-order valence-corrected chi connectivity index (χ3v) is 4.16. The fourth-order valence-electron chi connectivity index (χ4n) is 1.40. The van der Waals surface area contributed by atoms with Crippen molar-refractivity contribution in [1.29, 1.82) is 0 Å². The number of aromatic nitrogens is 3. The Morgan fingerprint density at radius 1 is 1.42 bits per heavy atom. The van der Waals surface area contributed by atoms with E-state index in [1.807, 2.05) is 0 Å². The molecular formula is C11H15N5OS2. The summed E-state index contributed by atoms with van der Waals surface area (Å²) in [5.74, 6) is -0.269. The average molecular weight is 297 g/mol. The molecule has 0 unspecified atom stereocenters. The molecule has 8 heteroatoms. The molecule has 0 saturated carbocycles. The zero-order chi connectivity index (χ0) is 13.7. The summed E-state index contributed by atoms with van der Waals surface area (Å²) in [6.45, 7) is 2.47. The van der Waals surface area contributed by atoms with Crippen molar-refractivity contribution >= 4 is 33.7 Å². The number of hydrogen-bond acceptors (Lipinski definition) is 7. The first-order chi connectivity index (χ1) is 9.22. The fraction of sp³-hybridized carbons (Fsp3) is 0.455. The van der Waals surface area contributed by atoms with Crippen molar-refractivity contribution in [2.45, 2.75) is 32.7 Å². The molecule has 0 saturated heterocycles. The van der Waals surface area contributed by atoms with Gasteiger partial charge in [0.1, 0.15) is 15.7 Å². The average Bonchev–Trinajstić information content (AvgIpc) is 3.05. The lowest BCUT2D eigenvalue weighted by molar-refractivity contribution is 0.102. The number of nitrogens with one attached hydrogen (secondary N) is 1. The Bertz CT molecular complexity index is 551. The van der Waals surface area contributed by atoms with E-state index in [-0.39, 0.29) is 5.91 Å². The van der Waals surface area contributed by atoms with E-state index >= 15 is 0 Å². The summed E-state index contributed by atoms with van der Waals surface area (Å²) in [5.41, 5.74) is 5.83. The Hall–Kier alpha value is -1.38. The third-order valence-electron chi connectivity index (χ3n) is 2.39. The number of carbonyl (C=O) groups is 1. The Morgan fingerprint density at radius 3 is 2.95 bits per heavy atom. The SMILES string of the molecule is CCCCc1nnc(NC(=O)c2csc(CN)n2)s1. The Labute approximate surface area is 119 Å². The maximum absolute atomic E-state index is 11.9. The van der Waals surface area contributed by atoms with E-state index in [2.05, 4.69) is 27.4 Å². The standard InChI is InChI=1S/C11H15N5OS2/c1-2-3-4-8-15-16-11(19-8)14-10(17)7-6-18-9(5-12)13-7/h6H,2-5,12H2,1H3,(H,14,16,17). The normalized spacial score (nSPS) is 10.6. The summed E-state index contributed by atoms with van der Waals surface area (Å²) >= 11 is 2.78. The van der Waals surface area contributed by atoms with Crippen LogP contribution < -0.4 is 11.1 Å². The van der Waals surface area contributed by atoms with Gasteiger partial charge in [-0.3, -0.25) is 10.1 Å². The molecule has 1 amide bonds. The molecule has 2 aromatic rings. The molecule has 102 valence electrons. The molecular weight excluding hydrogens is 282 g/mol. The maximum atomic E-state index is 11.9. The lowest BCUT2D eigenvalue weighted by Gasteiger charge is -1.96. The van der Waals surface area contributed by atoms with Gasteiger partial charge in [0.2, 0.25) is 5.13 Å². The van der Waals surface area contributed by atoms with E-state index in [1.54, 1.807) is 5.38 Å². The predicted octanol–water partition coefficient (Wildman–Crippen LogP) is 2.05. The van der Waals surface area contributed by atoms with Crippen LogP contribution in [0.2, 0.25) is 0 Å². The molecule has 2 aromatic heterocycles. The van der Waals surface area contributed by atoms with Crippen LogP contribution in [0.25, 0.3) is 0 Å². The molecule has 2 heterocycles. The van der Waals surface area contributed by atoms with Gasteiger partial charge in [-0.25, -0.2) is 4.98 Å². The number of hydrogen-bond donors (Lipinski definition) is 2. The largest absolute Gasteiger partial charge is 0.325 e.